The first-order valence-electron chi connectivity index (χ1n) is 20.1. The molecule has 2 heterocycles. The Morgan fingerprint density at radius 1 is 0.817 bits per heavy atom. The molecule has 1 aliphatic heterocycles. The van der Waals surface area contributed by atoms with Crippen molar-refractivity contribution in [3.05, 3.63) is 187 Å². The highest BCUT2D eigenvalue weighted by atomic mass is 16.5. The van der Waals surface area contributed by atoms with Crippen LogP contribution >= 0.6 is 0 Å². The largest absolute Gasteiger partial charge is 0.493 e. The van der Waals surface area contributed by atoms with Crippen LogP contribution in [0.4, 0.5) is 5.69 Å². The number of rotatable bonds is 14. The van der Waals surface area contributed by atoms with Gasteiger partial charge in [0.15, 0.2) is 0 Å². The first-order chi connectivity index (χ1) is 29.3. The van der Waals surface area contributed by atoms with Gasteiger partial charge in [0.1, 0.15) is 17.5 Å². The van der Waals surface area contributed by atoms with E-state index in [2.05, 4.69) is 6.58 Å². The molecule has 3 atom stereocenters. The monoisotopic (exact) mass is 795 g/mol. The average molecular weight is 796 g/mol. The van der Waals surface area contributed by atoms with Gasteiger partial charge in [-0.25, -0.2) is 4.98 Å². The summed E-state index contributed by atoms with van der Waals surface area (Å²) in [5, 5.41) is 12.4. The molecular formula is C51H45N3O6. The van der Waals surface area contributed by atoms with Gasteiger partial charge in [0.05, 0.1) is 29.9 Å². The fourth-order valence-corrected chi connectivity index (χ4v) is 8.24. The lowest BCUT2D eigenvalue weighted by atomic mass is 9.93. The molecule has 1 unspecified atom stereocenters. The third-order valence-corrected chi connectivity index (χ3v) is 11.0. The Kier molecular flexibility index (Phi) is 11.8. The molecule has 0 aliphatic carbocycles. The van der Waals surface area contributed by atoms with Crippen molar-refractivity contribution in [1.82, 2.24) is 9.88 Å². The Bertz CT molecular complexity index is 2680. The molecule has 0 bridgehead atoms. The van der Waals surface area contributed by atoms with Crippen LogP contribution in [0.15, 0.2) is 164 Å². The molecule has 1 aliphatic rings. The zero-order valence-corrected chi connectivity index (χ0v) is 33.3. The highest BCUT2D eigenvalue weighted by Crippen LogP contribution is 2.48. The van der Waals surface area contributed by atoms with Crippen LogP contribution in [0.25, 0.3) is 32.8 Å². The summed E-state index contributed by atoms with van der Waals surface area (Å²) >= 11 is 0. The number of para-hydroxylation sites is 1. The summed E-state index contributed by atoms with van der Waals surface area (Å²) in [6.45, 7) is 5.70. The van der Waals surface area contributed by atoms with Crippen LogP contribution < -0.4 is 9.64 Å². The maximum Gasteiger partial charge on any atom is 0.302 e. The number of hydrogen-bond donors (Lipinski definition) is 1. The van der Waals surface area contributed by atoms with E-state index in [1.165, 1.54) is 6.92 Å². The van der Waals surface area contributed by atoms with Crippen molar-refractivity contribution < 1.29 is 29.0 Å². The highest BCUT2D eigenvalue weighted by Gasteiger charge is 2.51. The van der Waals surface area contributed by atoms with Gasteiger partial charge in [0.25, 0.3) is 11.8 Å². The number of amides is 2. The van der Waals surface area contributed by atoms with Crippen LogP contribution in [0.5, 0.6) is 5.75 Å². The summed E-state index contributed by atoms with van der Waals surface area (Å²) in [6.07, 6.45) is 1.34. The summed E-state index contributed by atoms with van der Waals surface area (Å²) in [5.41, 5.74) is 5.32. The number of pyridine rings is 1. The van der Waals surface area contributed by atoms with Gasteiger partial charge in [-0.15, -0.1) is 6.58 Å². The quantitative estimate of drug-likeness (QED) is 0.0664. The summed E-state index contributed by atoms with van der Waals surface area (Å²) < 4.78 is 12.3. The molecule has 300 valence electrons. The summed E-state index contributed by atoms with van der Waals surface area (Å²) in [7, 11) is 0. The second-order valence-electron chi connectivity index (χ2n) is 14.8. The molecule has 60 heavy (non-hydrogen) atoms. The van der Waals surface area contributed by atoms with E-state index in [9.17, 15) is 9.90 Å². The number of aliphatic hydroxyl groups excluding tert-OH is 1. The Labute approximate surface area is 349 Å². The first-order valence-corrected chi connectivity index (χ1v) is 20.1. The molecule has 0 spiro atoms. The van der Waals surface area contributed by atoms with Gasteiger partial charge in [0.2, 0.25) is 0 Å². The molecule has 1 N–H and O–H groups in total. The van der Waals surface area contributed by atoms with Crippen LogP contribution in [0.1, 0.15) is 57.8 Å². The molecular weight excluding hydrogens is 751 g/mol. The number of ether oxygens (including phenoxy) is 2. The van der Waals surface area contributed by atoms with E-state index in [1.54, 1.807) is 28.0 Å². The smallest absolute Gasteiger partial charge is 0.302 e. The molecule has 0 radical (unpaired) electrons. The van der Waals surface area contributed by atoms with Crippen molar-refractivity contribution >= 4 is 45.1 Å². The minimum absolute atomic E-state index is 0.0430. The minimum atomic E-state index is -0.933. The number of benzene rings is 6. The molecule has 1 aromatic heterocycles. The molecule has 6 aromatic carbocycles. The number of anilines is 1. The van der Waals surface area contributed by atoms with E-state index in [1.807, 2.05) is 140 Å². The number of carbonyl (C=O) groups excluding carboxylic acids is 3. The third-order valence-electron chi connectivity index (χ3n) is 11.0. The van der Waals surface area contributed by atoms with Crippen molar-refractivity contribution in [2.24, 2.45) is 0 Å². The van der Waals surface area contributed by atoms with Gasteiger partial charge < -0.3 is 19.5 Å². The summed E-state index contributed by atoms with van der Waals surface area (Å²) in [6, 6.07) is 46.3. The van der Waals surface area contributed by atoms with E-state index in [-0.39, 0.29) is 37.8 Å². The molecule has 2 amide bonds. The van der Waals surface area contributed by atoms with Crippen LogP contribution in [0, 0.1) is 0 Å². The van der Waals surface area contributed by atoms with Crippen LogP contribution in [0.2, 0.25) is 0 Å². The SMILES string of the molecule is C=CCC(OC(C)=O)[C@@H]1[C@@H](N(Cc2cccc3ccccc23)C(=O)c2ccc(-c3ccccc3)cc2)c2cc(OCCCO)ccc2N1C(=O)c1ccc2ccccc2n1. The summed E-state index contributed by atoms with van der Waals surface area (Å²) in [5.74, 6) is -0.742. The fraction of sp³-hybridized carbons (Fsp3) is 0.176. The van der Waals surface area contributed by atoms with E-state index in [0.29, 0.717) is 34.5 Å². The number of nitrogens with zero attached hydrogens (tertiary/aromatic N) is 3. The average Bonchev–Trinajstić information content (AvgIpc) is 3.61. The Hall–Kier alpha value is -7.10. The van der Waals surface area contributed by atoms with Gasteiger partial charge in [0, 0.05) is 49.4 Å². The maximum absolute atomic E-state index is 15.5. The predicted molar refractivity (Wildman–Crippen MR) is 235 cm³/mol. The van der Waals surface area contributed by atoms with Crippen molar-refractivity contribution in [1.29, 1.82) is 0 Å². The lowest BCUT2D eigenvalue weighted by molar-refractivity contribution is -0.147. The van der Waals surface area contributed by atoms with Crippen LogP contribution in [0.3, 0.4) is 0 Å². The number of carbonyl (C=O) groups is 3. The lowest BCUT2D eigenvalue weighted by Crippen LogP contribution is -2.53. The van der Waals surface area contributed by atoms with Crippen molar-refractivity contribution in [2.45, 2.75) is 44.5 Å². The molecule has 0 saturated carbocycles. The van der Waals surface area contributed by atoms with E-state index in [0.717, 1.165) is 32.8 Å². The third kappa shape index (κ3) is 8.12. The molecule has 9 nitrogen and oxygen atoms in total. The second kappa shape index (κ2) is 17.8. The Morgan fingerprint density at radius 3 is 2.30 bits per heavy atom. The zero-order chi connectivity index (χ0) is 41.6. The second-order valence-corrected chi connectivity index (χ2v) is 14.8. The van der Waals surface area contributed by atoms with Gasteiger partial charge in [-0.05, 0) is 69.9 Å². The van der Waals surface area contributed by atoms with E-state index >= 15 is 9.59 Å². The summed E-state index contributed by atoms with van der Waals surface area (Å²) in [4.78, 5) is 51.9. The number of aromatic nitrogens is 1. The standard InChI is InChI=1S/C51H45N3O6/c1-3-13-47(60-34(2)56)49-48(43-32-41(59-31-12-30-55)27-29-46(43)54(49)51(58)45-28-26-38-17-8-10-21-44(38)52-45)53(33-40-19-11-18-37-16-7-9-20-42(37)40)50(57)39-24-22-36(23-25-39)35-14-5-4-6-15-35/h3-11,14-29,32,47-49,55H,1,12-13,30-31,33H2,2H3/t47?,48-,49+/m0/s1. The van der Waals surface area contributed by atoms with Crippen LogP contribution in [-0.2, 0) is 16.1 Å². The zero-order valence-electron chi connectivity index (χ0n) is 33.3. The van der Waals surface area contributed by atoms with Gasteiger partial charge in [-0.3, -0.25) is 19.3 Å². The number of fused-ring (bicyclic) bond motifs is 3. The predicted octanol–water partition coefficient (Wildman–Crippen LogP) is 9.74. The van der Waals surface area contributed by atoms with E-state index in [4.69, 9.17) is 14.5 Å². The molecule has 7 aromatic rings. The van der Waals surface area contributed by atoms with Gasteiger partial charge in [-0.2, -0.15) is 0 Å². The first kappa shape index (κ1) is 39.7. The molecule has 0 fully saturated rings. The highest BCUT2D eigenvalue weighted by molar-refractivity contribution is 6.08. The molecule has 8 rings (SSSR count). The van der Waals surface area contributed by atoms with Gasteiger partial charge in [-0.1, -0.05) is 115 Å². The molecule has 9 heteroatoms. The maximum atomic E-state index is 15.5. The van der Waals surface area contributed by atoms with E-state index < -0.39 is 30.1 Å². The minimum Gasteiger partial charge on any atom is -0.493 e. The Balaban J connectivity index is 1.34. The topological polar surface area (TPSA) is 109 Å². The number of esters is 1. The van der Waals surface area contributed by atoms with Crippen molar-refractivity contribution in [3.8, 4) is 16.9 Å². The lowest BCUT2D eigenvalue weighted by Gasteiger charge is -2.39. The fourth-order valence-electron chi connectivity index (χ4n) is 8.24. The normalized spacial score (nSPS) is 15.0. The van der Waals surface area contributed by atoms with Crippen molar-refractivity contribution in [3.63, 3.8) is 0 Å². The number of hydrogen-bond acceptors (Lipinski definition) is 7. The van der Waals surface area contributed by atoms with Gasteiger partial charge >= 0.3 is 5.97 Å². The number of aliphatic hydroxyl groups is 1. The van der Waals surface area contributed by atoms with Crippen molar-refractivity contribution in [2.75, 3.05) is 18.1 Å². The Morgan fingerprint density at radius 2 is 1.53 bits per heavy atom. The molecule has 0 saturated heterocycles. The van der Waals surface area contributed by atoms with Crippen LogP contribution in [-0.4, -0.2) is 58.1 Å².